The van der Waals surface area contributed by atoms with Crippen molar-refractivity contribution in [2.75, 3.05) is 12.9 Å². The third kappa shape index (κ3) is 4.84. The lowest BCUT2D eigenvalue weighted by Crippen LogP contribution is -2.43. The zero-order chi connectivity index (χ0) is 19.2. The second kappa shape index (κ2) is 8.97. The summed E-state index contributed by atoms with van der Waals surface area (Å²) in [5.74, 6) is -0.572. The minimum Gasteiger partial charge on any atom is -0.467 e. The highest BCUT2D eigenvalue weighted by atomic mass is 35.5. The first kappa shape index (κ1) is 19.3. The van der Waals surface area contributed by atoms with Crippen LogP contribution in [0.1, 0.15) is 5.56 Å². The fraction of sp³-hybridized carbons (Fsp3) is 0.200. The van der Waals surface area contributed by atoms with Gasteiger partial charge in [0.2, 0.25) is 5.91 Å². The molecule has 0 aliphatic heterocycles. The average Bonchev–Trinajstić information content (AvgIpc) is 3.09. The molecule has 3 aromatic rings. The van der Waals surface area contributed by atoms with Crippen LogP contribution in [0.3, 0.4) is 0 Å². The Bertz CT molecular complexity index is 957. The number of methoxy groups -OCH3 is 1. The molecule has 7 heteroatoms. The minimum atomic E-state index is -0.756. The number of H-pyrrole nitrogens is 1. The van der Waals surface area contributed by atoms with Crippen LogP contribution in [0.4, 0.5) is 0 Å². The lowest BCUT2D eigenvalue weighted by Gasteiger charge is -2.16. The van der Waals surface area contributed by atoms with Gasteiger partial charge in [0.15, 0.2) is 0 Å². The summed E-state index contributed by atoms with van der Waals surface area (Å²) < 4.78 is 4.86. The van der Waals surface area contributed by atoms with Crippen molar-refractivity contribution in [2.24, 2.45) is 0 Å². The van der Waals surface area contributed by atoms with E-state index in [0.717, 1.165) is 21.4 Å². The Morgan fingerprint density at radius 2 is 1.93 bits per heavy atom. The van der Waals surface area contributed by atoms with Crippen molar-refractivity contribution in [3.63, 3.8) is 0 Å². The van der Waals surface area contributed by atoms with E-state index in [1.807, 2.05) is 48.7 Å². The van der Waals surface area contributed by atoms with Gasteiger partial charge in [0, 0.05) is 28.4 Å². The Morgan fingerprint density at radius 1 is 1.19 bits per heavy atom. The van der Waals surface area contributed by atoms with E-state index >= 15 is 0 Å². The Morgan fingerprint density at radius 3 is 2.70 bits per heavy atom. The second-order valence-corrected chi connectivity index (χ2v) is 7.35. The van der Waals surface area contributed by atoms with Gasteiger partial charge in [-0.05, 0) is 23.8 Å². The number of nitrogens with one attached hydrogen (secondary N) is 2. The summed E-state index contributed by atoms with van der Waals surface area (Å²) in [4.78, 5) is 28.5. The van der Waals surface area contributed by atoms with Crippen molar-refractivity contribution < 1.29 is 14.3 Å². The van der Waals surface area contributed by atoms with Crippen LogP contribution in [-0.4, -0.2) is 35.8 Å². The molecule has 1 heterocycles. The minimum absolute atomic E-state index is 0.158. The first-order valence-corrected chi connectivity index (χ1v) is 9.74. The molecule has 0 bridgehead atoms. The van der Waals surface area contributed by atoms with Gasteiger partial charge in [-0.1, -0.05) is 41.9 Å². The van der Waals surface area contributed by atoms with E-state index < -0.39 is 12.0 Å². The summed E-state index contributed by atoms with van der Waals surface area (Å²) >= 11 is 7.43. The second-order valence-electron chi connectivity index (χ2n) is 5.93. The van der Waals surface area contributed by atoms with Crippen molar-refractivity contribution >= 4 is 46.1 Å². The van der Waals surface area contributed by atoms with Gasteiger partial charge in [-0.15, -0.1) is 11.8 Å². The van der Waals surface area contributed by atoms with E-state index in [1.165, 1.54) is 18.9 Å². The van der Waals surface area contributed by atoms with Crippen LogP contribution in [0.2, 0.25) is 5.02 Å². The van der Waals surface area contributed by atoms with Crippen molar-refractivity contribution in [2.45, 2.75) is 17.4 Å². The molecule has 0 fully saturated rings. The maximum Gasteiger partial charge on any atom is 0.328 e. The molecule has 1 aromatic heterocycles. The Kier molecular flexibility index (Phi) is 6.42. The number of aromatic nitrogens is 1. The fourth-order valence-electron chi connectivity index (χ4n) is 2.80. The number of esters is 1. The molecule has 1 atom stereocenters. The number of benzene rings is 2. The number of carbonyl (C=O) groups excluding carboxylic acids is 2. The first-order valence-electron chi connectivity index (χ1n) is 8.38. The Balaban J connectivity index is 1.67. The van der Waals surface area contributed by atoms with Crippen molar-refractivity contribution in [3.8, 4) is 0 Å². The highest BCUT2D eigenvalue weighted by Crippen LogP contribution is 2.26. The topological polar surface area (TPSA) is 71.2 Å². The third-order valence-corrected chi connectivity index (χ3v) is 5.63. The summed E-state index contributed by atoms with van der Waals surface area (Å²) in [6.45, 7) is 0. The summed E-state index contributed by atoms with van der Waals surface area (Å²) in [5, 5.41) is 4.38. The lowest BCUT2D eigenvalue weighted by atomic mass is 10.0. The van der Waals surface area contributed by atoms with Gasteiger partial charge >= 0.3 is 5.97 Å². The molecule has 1 amide bonds. The van der Waals surface area contributed by atoms with Crippen LogP contribution in [0.25, 0.3) is 10.9 Å². The number of halogens is 1. The molecule has 2 aromatic carbocycles. The van der Waals surface area contributed by atoms with E-state index in [2.05, 4.69) is 10.3 Å². The average molecular weight is 403 g/mol. The number of para-hydroxylation sites is 1. The molecule has 0 aliphatic carbocycles. The molecule has 140 valence electrons. The van der Waals surface area contributed by atoms with Crippen molar-refractivity contribution in [1.29, 1.82) is 0 Å². The van der Waals surface area contributed by atoms with Gasteiger partial charge in [0.1, 0.15) is 6.04 Å². The Hall–Kier alpha value is -2.44. The normalized spacial score (nSPS) is 11.9. The summed E-state index contributed by atoms with van der Waals surface area (Å²) in [6, 6.07) is 14.4. The quantitative estimate of drug-likeness (QED) is 0.465. The van der Waals surface area contributed by atoms with E-state index in [0.29, 0.717) is 11.4 Å². The predicted molar refractivity (Wildman–Crippen MR) is 108 cm³/mol. The van der Waals surface area contributed by atoms with E-state index in [1.54, 1.807) is 6.07 Å². The SMILES string of the molecule is COC(=O)[C@H](Cc1c[nH]c2ccccc12)NC(=O)CSc1ccccc1Cl. The molecule has 0 aliphatic rings. The highest BCUT2D eigenvalue weighted by molar-refractivity contribution is 8.00. The molecule has 3 rings (SSSR count). The number of fused-ring (bicyclic) bond motifs is 1. The fourth-order valence-corrected chi connectivity index (χ4v) is 3.85. The highest BCUT2D eigenvalue weighted by Gasteiger charge is 2.23. The van der Waals surface area contributed by atoms with Gasteiger partial charge in [0.25, 0.3) is 0 Å². The van der Waals surface area contributed by atoms with Crippen molar-refractivity contribution in [3.05, 3.63) is 65.3 Å². The van der Waals surface area contributed by atoms with Crippen LogP contribution >= 0.6 is 23.4 Å². The van der Waals surface area contributed by atoms with Gasteiger partial charge in [-0.3, -0.25) is 4.79 Å². The number of rotatable bonds is 7. The van der Waals surface area contributed by atoms with Gasteiger partial charge in [-0.2, -0.15) is 0 Å². The number of aromatic amines is 1. The zero-order valence-electron chi connectivity index (χ0n) is 14.7. The predicted octanol–water partition coefficient (Wildman–Crippen LogP) is 3.81. The summed E-state index contributed by atoms with van der Waals surface area (Å²) in [5.41, 5.74) is 1.93. The standard InChI is InChI=1S/C20H19ClN2O3S/c1-26-20(25)17(10-13-11-22-16-8-4-2-6-14(13)16)23-19(24)12-27-18-9-5-3-7-15(18)21/h2-9,11,17,22H,10,12H2,1H3,(H,23,24)/t17-/m0/s1. The molecule has 0 spiro atoms. The maximum absolute atomic E-state index is 12.4. The summed E-state index contributed by atoms with van der Waals surface area (Å²) in [7, 11) is 1.31. The molecule has 0 saturated carbocycles. The molecule has 27 heavy (non-hydrogen) atoms. The largest absolute Gasteiger partial charge is 0.467 e. The first-order chi connectivity index (χ1) is 13.1. The summed E-state index contributed by atoms with van der Waals surface area (Å²) in [6.07, 6.45) is 2.20. The van der Waals surface area contributed by atoms with Crippen LogP contribution < -0.4 is 5.32 Å². The number of thioether (sulfide) groups is 1. The third-order valence-electron chi connectivity index (χ3n) is 4.12. The van der Waals surface area contributed by atoms with Crippen LogP contribution in [0.5, 0.6) is 0 Å². The van der Waals surface area contributed by atoms with Crippen LogP contribution in [0.15, 0.2) is 59.6 Å². The van der Waals surface area contributed by atoms with Gasteiger partial charge < -0.3 is 15.0 Å². The number of hydrogen-bond acceptors (Lipinski definition) is 4. The van der Waals surface area contributed by atoms with E-state index in [4.69, 9.17) is 16.3 Å². The molecule has 2 N–H and O–H groups in total. The molecular formula is C20H19ClN2O3S. The number of hydrogen-bond donors (Lipinski definition) is 2. The van der Waals surface area contributed by atoms with E-state index in [-0.39, 0.29) is 11.7 Å². The number of ether oxygens (including phenoxy) is 1. The molecule has 0 saturated heterocycles. The lowest BCUT2D eigenvalue weighted by molar-refractivity contribution is -0.144. The zero-order valence-corrected chi connectivity index (χ0v) is 16.3. The number of carbonyl (C=O) groups is 2. The van der Waals surface area contributed by atoms with E-state index in [9.17, 15) is 9.59 Å². The Labute approximate surface area is 166 Å². The van der Waals surface area contributed by atoms with Crippen LogP contribution in [0, 0.1) is 0 Å². The molecular weight excluding hydrogens is 384 g/mol. The molecule has 5 nitrogen and oxygen atoms in total. The van der Waals surface area contributed by atoms with Gasteiger partial charge in [-0.25, -0.2) is 4.79 Å². The molecule has 0 unspecified atom stereocenters. The molecule has 0 radical (unpaired) electrons. The van der Waals surface area contributed by atoms with Crippen LogP contribution in [-0.2, 0) is 20.7 Å². The monoisotopic (exact) mass is 402 g/mol. The maximum atomic E-state index is 12.4. The number of amides is 1. The van der Waals surface area contributed by atoms with Gasteiger partial charge in [0.05, 0.1) is 17.9 Å². The smallest absolute Gasteiger partial charge is 0.328 e. The van der Waals surface area contributed by atoms with Crippen molar-refractivity contribution in [1.82, 2.24) is 10.3 Å².